The molecule has 112 valence electrons. The summed E-state index contributed by atoms with van der Waals surface area (Å²) in [4.78, 5) is 23.1. The molecule has 0 unspecified atom stereocenters. The van der Waals surface area contributed by atoms with Crippen LogP contribution in [0.5, 0.6) is 0 Å². The maximum Gasteiger partial charge on any atom is 0.306 e. The van der Waals surface area contributed by atoms with Gasteiger partial charge in [-0.3, -0.25) is 9.59 Å². The molecule has 19 heavy (non-hydrogen) atoms. The van der Waals surface area contributed by atoms with Crippen LogP contribution >= 0.6 is 0 Å². The average molecular weight is 272 g/mol. The molecule has 0 heterocycles. The first-order valence-electron chi connectivity index (χ1n) is 7.18. The van der Waals surface area contributed by atoms with Crippen LogP contribution in [-0.2, 0) is 9.59 Å². The third kappa shape index (κ3) is 8.72. The van der Waals surface area contributed by atoms with E-state index in [9.17, 15) is 9.59 Å². The second kappa shape index (κ2) is 10.9. The quantitative estimate of drug-likeness (QED) is 0.467. The SMILES string of the molecule is C[C@@H](CCCCN)C(=O)C[C@@H](CCCCN)C(=O)O. The van der Waals surface area contributed by atoms with Gasteiger partial charge in [0.15, 0.2) is 0 Å². The van der Waals surface area contributed by atoms with Crippen molar-refractivity contribution in [2.45, 2.75) is 51.9 Å². The van der Waals surface area contributed by atoms with Crippen LogP contribution in [0.25, 0.3) is 0 Å². The van der Waals surface area contributed by atoms with Crippen LogP contribution in [0.3, 0.4) is 0 Å². The van der Waals surface area contributed by atoms with E-state index in [4.69, 9.17) is 16.6 Å². The molecule has 0 aliphatic rings. The van der Waals surface area contributed by atoms with Gasteiger partial charge in [0, 0.05) is 12.3 Å². The normalized spacial score (nSPS) is 14.1. The minimum Gasteiger partial charge on any atom is -0.481 e. The highest BCUT2D eigenvalue weighted by Crippen LogP contribution is 2.18. The monoisotopic (exact) mass is 272 g/mol. The maximum atomic E-state index is 12.0. The van der Waals surface area contributed by atoms with E-state index in [1.54, 1.807) is 0 Å². The molecule has 0 aliphatic carbocycles. The predicted molar refractivity (Wildman–Crippen MR) is 75.7 cm³/mol. The van der Waals surface area contributed by atoms with E-state index in [-0.39, 0.29) is 18.1 Å². The molecule has 0 bridgehead atoms. The molecule has 0 aromatic rings. The number of unbranched alkanes of at least 4 members (excludes halogenated alkanes) is 2. The van der Waals surface area contributed by atoms with Gasteiger partial charge in [-0.2, -0.15) is 0 Å². The Labute approximate surface area is 115 Å². The number of carboxylic acids is 1. The van der Waals surface area contributed by atoms with Crippen molar-refractivity contribution in [2.24, 2.45) is 23.3 Å². The smallest absolute Gasteiger partial charge is 0.306 e. The first-order chi connectivity index (χ1) is 9.02. The Morgan fingerprint density at radius 1 is 1.00 bits per heavy atom. The van der Waals surface area contributed by atoms with Crippen molar-refractivity contribution < 1.29 is 14.7 Å². The summed E-state index contributed by atoms with van der Waals surface area (Å²) in [5.74, 6) is -1.45. The number of hydrogen-bond donors (Lipinski definition) is 3. The van der Waals surface area contributed by atoms with Crippen molar-refractivity contribution in [2.75, 3.05) is 13.1 Å². The van der Waals surface area contributed by atoms with Gasteiger partial charge in [0.2, 0.25) is 0 Å². The lowest BCUT2D eigenvalue weighted by Gasteiger charge is -2.15. The predicted octanol–water partition coefficient (Wildman–Crippen LogP) is 1.54. The first kappa shape index (κ1) is 18.1. The molecule has 0 amide bonds. The molecule has 0 saturated heterocycles. The third-order valence-corrected chi connectivity index (χ3v) is 3.44. The minimum atomic E-state index is -0.875. The second-order valence-corrected chi connectivity index (χ2v) is 5.18. The topological polar surface area (TPSA) is 106 Å². The molecule has 0 fully saturated rings. The van der Waals surface area contributed by atoms with E-state index in [1.165, 1.54) is 0 Å². The van der Waals surface area contributed by atoms with Gasteiger partial charge in [0.05, 0.1) is 5.92 Å². The number of Topliss-reactive ketones (excluding diaryl/α,β-unsaturated/α-hetero) is 1. The fraction of sp³-hybridized carbons (Fsp3) is 0.857. The summed E-state index contributed by atoms with van der Waals surface area (Å²) in [7, 11) is 0. The van der Waals surface area contributed by atoms with Gasteiger partial charge in [-0.05, 0) is 38.8 Å². The van der Waals surface area contributed by atoms with Crippen LogP contribution in [0.4, 0.5) is 0 Å². The van der Waals surface area contributed by atoms with Crippen molar-refractivity contribution in [1.29, 1.82) is 0 Å². The molecule has 0 aliphatic heterocycles. The van der Waals surface area contributed by atoms with Crippen LogP contribution in [-0.4, -0.2) is 29.9 Å². The van der Waals surface area contributed by atoms with Crippen LogP contribution in [0.1, 0.15) is 51.9 Å². The summed E-state index contributed by atoms with van der Waals surface area (Å²) in [5, 5.41) is 9.12. The zero-order valence-electron chi connectivity index (χ0n) is 11.9. The molecule has 0 radical (unpaired) electrons. The number of carboxylic acid groups (broad SMARTS) is 1. The number of rotatable bonds is 12. The standard InChI is InChI=1S/C14H28N2O3/c1-11(6-2-4-8-15)13(17)10-12(14(18)19)7-3-5-9-16/h11-12H,2-10,15-16H2,1H3,(H,18,19)/t11-,12+/m0/s1. The molecule has 5 heteroatoms. The van der Waals surface area contributed by atoms with E-state index < -0.39 is 11.9 Å². The van der Waals surface area contributed by atoms with Gasteiger partial charge in [-0.1, -0.05) is 19.8 Å². The number of carbonyl (C=O) groups is 2. The summed E-state index contributed by atoms with van der Waals surface area (Å²) in [6.45, 7) is 3.07. The van der Waals surface area contributed by atoms with Gasteiger partial charge >= 0.3 is 5.97 Å². The zero-order chi connectivity index (χ0) is 14.7. The highest BCUT2D eigenvalue weighted by atomic mass is 16.4. The Morgan fingerprint density at radius 2 is 1.53 bits per heavy atom. The Kier molecular flexibility index (Phi) is 10.4. The molecular formula is C14H28N2O3. The largest absolute Gasteiger partial charge is 0.481 e. The lowest BCUT2D eigenvalue weighted by Crippen LogP contribution is -2.22. The van der Waals surface area contributed by atoms with Crippen molar-refractivity contribution in [1.82, 2.24) is 0 Å². The summed E-state index contributed by atoms with van der Waals surface area (Å²) in [5.41, 5.74) is 10.8. The highest BCUT2D eigenvalue weighted by Gasteiger charge is 2.23. The van der Waals surface area contributed by atoms with Gasteiger partial charge in [0.1, 0.15) is 5.78 Å². The summed E-state index contributed by atoms with van der Waals surface area (Å²) in [6, 6.07) is 0. The van der Waals surface area contributed by atoms with Gasteiger partial charge in [-0.25, -0.2) is 0 Å². The second-order valence-electron chi connectivity index (χ2n) is 5.18. The number of hydrogen-bond acceptors (Lipinski definition) is 4. The average Bonchev–Trinajstić information content (AvgIpc) is 2.37. The first-order valence-corrected chi connectivity index (χ1v) is 7.18. The molecule has 0 aromatic carbocycles. The minimum absolute atomic E-state index is 0.0529. The van der Waals surface area contributed by atoms with Crippen LogP contribution in [0.2, 0.25) is 0 Å². The molecule has 0 aromatic heterocycles. The van der Waals surface area contributed by atoms with E-state index in [2.05, 4.69) is 0 Å². The Bertz CT molecular complexity index is 269. The summed E-state index contributed by atoms with van der Waals surface area (Å²) < 4.78 is 0. The van der Waals surface area contributed by atoms with Crippen molar-refractivity contribution in [3.8, 4) is 0 Å². The molecule has 0 spiro atoms. The number of nitrogens with two attached hydrogens (primary N) is 2. The van der Waals surface area contributed by atoms with Crippen LogP contribution in [0.15, 0.2) is 0 Å². The van der Waals surface area contributed by atoms with E-state index >= 15 is 0 Å². The third-order valence-electron chi connectivity index (χ3n) is 3.44. The summed E-state index contributed by atoms with van der Waals surface area (Å²) >= 11 is 0. The zero-order valence-corrected chi connectivity index (χ0v) is 11.9. The van der Waals surface area contributed by atoms with Crippen LogP contribution < -0.4 is 11.5 Å². The molecule has 5 N–H and O–H groups in total. The Morgan fingerprint density at radius 3 is 2.00 bits per heavy atom. The van der Waals surface area contributed by atoms with Crippen LogP contribution in [0, 0.1) is 11.8 Å². The van der Waals surface area contributed by atoms with E-state index in [1.807, 2.05) is 6.92 Å². The highest BCUT2D eigenvalue weighted by molar-refractivity contribution is 5.85. The lowest BCUT2D eigenvalue weighted by molar-refractivity contribution is -0.144. The van der Waals surface area contributed by atoms with Crippen molar-refractivity contribution >= 4 is 11.8 Å². The Balaban J connectivity index is 4.11. The van der Waals surface area contributed by atoms with Gasteiger partial charge in [0.25, 0.3) is 0 Å². The molecule has 0 saturated carbocycles. The van der Waals surface area contributed by atoms with Crippen molar-refractivity contribution in [3.63, 3.8) is 0 Å². The fourth-order valence-electron chi connectivity index (χ4n) is 2.05. The van der Waals surface area contributed by atoms with Gasteiger partial charge in [-0.15, -0.1) is 0 Å². The number of ketones is 1. The summed E-state index contributed by atoms with van der Waals surface area (Å²) in [6.07, 6.45) is 4.89. The van der Waals surface area contributed by atoms with Gasteiger partial charge < -0.3 is 16.6 Å². The molecule has 2 atom stereocenters. The number of carbonyl (C=O) groups excluding carboxylic acids is 1. The Hall–Kier alpha value is -0.940. The van der Waals surface area contributed by atoms with E-state index in [0.717, 1.165) is 32.1 Å². The maximum absolute atomic E-state index is 12.0. The molecule has 5 nitrogen and oxygen atoms in total. The van der Waals surface area contributed by atoms with E-state index in [0.29, 0.717) is 19.5 Å². The molecule has 0 rings (SSSR count). The molecular weight excluding hydrogens is 244 g/mol. The number of aliphatic carboxylic acids is 1. The lowest BCUT2D eigenvalue weighted by atomic mass is 9.89. The van der Waals surface area contributed by atoms with Crippen molar-refractivity contribution in [3.05, 3.63) is 0 Å². The fourth-order valence-corrected chi connectivity index (χ4v) is 2.05.